The standard InChI is InChI=1S/C16H36N2O/c1-5-8-13-18(7-3)14-10-9-11-16(4,15-19)17-12-6-2/h17,19H,5-15H2,1-4H3. The SMILES string of the molecule is CCCCN(CC)CCCCC(C)(CO)NCCC. The van der Waals surface area contributed by atoms with Crippen LogP contribution in [0.1, 0.15) is 66.2 Å². The van der Waals surface area contributed by atoms with Crippen LogP contribution in [0.2, 0.25) is 0 Å². The van der Waals surface area contributed by atoms with Crippen molar-refractivity contribution in [2.45, 2.75) is 71.8 Å². The Kier molecular flexibility index (Phi) is 11.6. The molecule has 0 fully saturated rings. The number of nitrogens with zero attached hydrogens (tertiary/aromatic N) is 1. The van der Waals surface area contributed by atoms with E-state index in [4.69, 9.17) is 0 Å². The number of unbranched alkanes of at least 4 members (excludes halogenated alkanes) is 2. The summed E-state index contributed by atoms with van der Waals surface area (Å²) in [5.41, 5.74) is -0.0868. The van der Waals surface area contributed by atoms with E-state index < -0.39 is 0 Å². The zero-order valence-electron chi connectivity index (χ0n) is 13.7. The molecule has 0 radical (unpaired) electrons. The molecule has 0 saturated carbocycles. The smallest absolute Gasteiger partial charge is 0.0610 e. The fourth-order valence-corrected chi connectivity index (χ4v) is 2.31. The van der Waals surface area contributed by atoms with E-state index in [-0.39, 0.29) is 12.1 Å². The molecule has 0 aromatic carbocycles. The minimum atomic E-state index is -0.0868. The summed E-state index contributed by atoms with van der Waals surface area (Å²) in [5.74, 6) is 0. The van der Waals surface area contributed by atoms with Gasteiger partial charge in [-0.15, -0.1) is 0 Å². The Bertz CT molecular complexity index is 199. The first-order chi connectivity index (χ1) is 9.11. The van der Waals surface area contributed by atoms with Crippen molar-refractivity contribution in [1.29, 1.82) is 0 Å². The molecular weight excluding hydrogens is 236 g/mol. The lowest BCUT2D eigenvalue weighted by Crippen LogP contribution is -2.46. The van der Waals surface area contributed by atoms with Gasteiger partial charge in [0.2, 0.25) is 0 Å². The maximum Gasteiger partial charge on any atom is 0.0610 e. The fourth-order valence-electron chi connectivity index (χ4n) is 2.31. The molecule has 0 aliphatic carbocycles. The van der Waals surface area contributed by atoms with Gasteiger partial charge in [0.05, 0.1) is 6.61 Å². The lowest BCUT2D eigenvalue weighted by atomic mass is 9.95. The van der Waals surface area contributed by atoms with Crippen molar-refractivity contribution in [3.05, 3.63) is 0 Å². The highest BCUT2D eigenvalue weighted by Gasteiger charge is 2.21. The van der Waals surface area contributed by atoms with Gasteiger partial charge in [0.25, 0.3) is 0 Å². The first-order valence-corrected chi connectivity index (χ1v) is 8.20. The summed E-state index contributed by atoms with van der Waals surface area (Å²) in [6.45, 7) is 13.6. The number of aliphatic hydroxyl groups excluding tert-OH is 1. The van der Waals surface area contributed by atoms with E-state index >= 15 is 0 Å². The maximum atomic E-state index is 9.51. The monoisotopic (exact) mass is 272 g/mol. The van der Waals surface area contributed by atoms with E-state index in [9.17, 15) is 5.11 Å². The summed E-state index contributed by atoms with van der Waals surface area (Å²) in [6.07, 6.45) is 7.20. The first-order valence-electron chi connectivity index (χ1n) is 8.20. The van der Waals surface area contributed by atoms with Crippen LogP contribution in [-0.4, -0.2) is 48.3 Å². The predicted octanol–water partition coefficient (Wildman–Crippen LogP) is 3.03. The average Bonchev–Trinajstić information content (AvgIpc) is 2.44. The van der Waals surface area contributed by atoms with E-state index in [1.54, 1.807) is 0 Å². The van der Waals surface area contributed by atoms with Crippen LogP contribution in [0, 0.1) is 0 Å². The molecule has 0 amide bonds. The Morgan fingerprint density at radius 2 is 1.68 bits per heavy atom. The zero-order valence-corrected chi connectivity index (χ0v) is 13.7. The highest BCUT2D eigenvalue weighted by Crippen LogP contribution is 2.13. The van der Waals surface area contributed by atoms with Gasteiger partial charge >= 0.3 is 0 Å². The predicted molar refractivity (Wildman–Crippen MR) is 84.7 cm³/mol. The third-order valence-corrected chi connectivity index (χ3v) is 3.88. The second kappa shape index (κ2) is 11.7. The topological polar surface area (TPSA) is 35.5 Å². The van der Waals surface area contributed by atoms with Gasteiger partial charge < -0.3 is 15.3 Å². The van der Waals surface area contributed by atoms with Crippen molar-refractivity contribution in [2.75, 3.05) is 32.8 Å². The molecule has 0 rings (SSSR count). The van der Waals surface area contributed by atoms with Crippen LogP contribution < -0.4 is 5.32 Å². The molecule has 1 atom stereocenters. The van der Waals surface area contributed by atoms with Crippen LogP contribution in [0.25, 0.3) is 0 Å². The third-order valence-electron chi connectivity index (χ3n) is 3.88. The Labute approximate surface area is 120 Å². The van der Waals surface area contributed by atoms with Crippen LogP contribution in [-0.2, 0) is 0 Å². The van der Waals surface area contributed by atoms with E-state index in [1.807, 2.05) is 0 Å². The molecule has 0 aromatic rings. The highest BCUT2D eigenvalue weighted by molar-refractivity contribution is 4.81. The first kappa shape index (κ1) is 18.9. The summed E-state index contributed by atoms with van der Waals surface area (Å²) in [4.78, 5) is 2.54. The molecule has 0 bridgehead atoms. The lowest BCUT2D eigenvalue weighted by molar-refractivity contribution is 0.161. The van der Waals surface area contributed by atoms with Gasteiger partial charge in [0.1, 0.15) is 0 Å². The van der Waals surface area contributed by atoms with Crippen molar-refractivity contribution >= 4 is 0 Å². The van der Waals surface area contributed by atoms with Gasteiger partial charge in [-0.1, -0.05) is 33.6 Å². The number of nitrogens with one attached hydrogen (secondary N) is 1. The van der Waals surface area contributed by atoms with Gasteiger partial charge in [0, 0.05) is 5.54 Å². The minimum absolute atomic E-state index is 0.0868. The summed E-state index contributed by atoms with van der Waals surface area (Å²) in [7, 11) is 0. The van der Waals surface area contributed by atoms with Gasteiger partial charge in [0.15, 0.2) is 0 Å². The van der Waals surface area contributed by atoms with E-state index in [0.29, 0.717) is 0 Å². The van der Waals surface area contributed by atoms with Crippen molar-refractivity contribution in [3.63, 3.8) is 0 Å². The van der Waals surface area contributed by atoms with Gasteiger partial charge in [-0.05, 0) is 58.8 Å². The Morgan fingerprint density at radius 3 is 2.21 bits per heavy atom. The van der Waals surface area contributed by atoms with E-state index in [2.05, 4.69) is 37.9 Å². The van der Waals surface area contributed by atoms with E-state index in [0.717, 1.165) is 25.9 Å². The summed E-state index contributed by atoms with van der Waals surface area (Å²) in [6, 6.07) is 0. The summed E-state index contributed by atoms with van der Waals surface area (Å²) >= 11 is 0. The summed E-state index contributed by atoms with van der Waals surface area (Å²) in [5, 5.41) is 13.0. The molecule has 116 valence electrons. The van der Waals surface area contributed by atoms with Crippen LogP contribution in [0.4, 0.5) is 0 Å². The molecule has 2 N–H and O–H groups in total. The molecule has 0 spiro atoms. The Hall–Kier alpha value is -0.120. The van der Waals surface area contributed by atoms with Crippen LogP contribution in [0.3, 0.4) is 0 Å². The quantitative estimate of drug-likeness (QED) is 0.506. The van der Waals surface area contributed by atoms with Gasteiger partial charge in [-0.3, -0.25) is 0 Å². The van der Waals surface area contributed by atoms with Crippen molar-refractivity contribution in [2.24, 2.45) is 0 Å². The Morgan fingerprint density at radius 1 is 1.00 bits per heavy atom. The van der Waals surface area contributed by atoms with E-state index in [1.165, 1.54) is 38.8 Å². The van der Waals surface area contributed by atoms with Gasteiger partial charge in [-0.2, -0.15) is 0 Å². The molecule has 0 aromatic heterocycles. The summed E-state index contributed by atoms with van der Waals surface area (Å²) < 4.78 is 0. The van der Waals surface area contributed by atoms with Crippen LogP contribution in [0.5, 0.6) is 0 Å². The van der Waals surface area contributed by atoms with Crippen LogP contribution in [0.15, 0.2) is 0 Å². The number of hydrogen-bond acceptors (Lipinski definition) is 3. The second-order valence-corrected chi connectivity index (χ2v) is 5.89. The largest absolute Gasteiger partial charge is 0.394 e. The third kappa shape index (κ3) is 9.42. The normalized spacial score (nSPS) is 14.8. The molecule has 1 unspecified atom stereocenters. The molecule has 3 heteroatoms. The maximum absolute atomic E-state index is 9.51. The van der Waals surface area contributed by atoms with Crippen molar-refractivity contribution in [1.82, 2.24) is 10.2 Å². The number of hydrogen-bond donors (Lipinski definition) is 2. The molecule has 0 aliphatic rings. The second-order valence-electron chi connectivity index (χ2n) is 5.89. The number of aliphatic hydroxyl groups is 1. The highest BCUT2D eigenvalue weighted by atomic mass is 16.3. The number of rotatable bonds is 13. The zero-order chi connectivity index (χ0) is 14.6. The fraction of sp³-hybridized carbons (Fsp3) is 1.00. The lowest BCUT2D eigenvalue weighted by Gasteiger charge is -2.29. The van der Waals surface area contributed by atoms with Crippen molar-refractivity contribution < 1.29 is 5.11 Å². The minimum Gasteiger partial charge on any atom is -0.394 e. The van der Waals surface area contributed by atoms with Crippen LogP contribution >= 0.6 is 0 Å². The van der Waals surface area contributed by atoms with Gasteiger partial charge in [-0.25, -0.2) is 0 Å². The molecule has 0 heterocycles. The molecular formula is C16H36N2O. The molecule has 0 aliphatic heterocycles. The van der Waals surface area contributed by atoms with Crippen molar-refractivity contribution in [3.8, 4) is 0 Å². The average molecular weight is 272 g/mol. The molecule has 0 saturated heterocycles. The molecule has 3 nitrogen and oxygen atoms in total. The Balaban J connectivity index is 3.79. The molecule has 19 heavy (non-hydrogen) atoms.